The quantitative estimate of drug-likeness (QED) is 0.196. The van der Waals surface area contributed by atoms with E-state index < -0.39 is 0 Å². The zero-order chi connectivity index (χ0) is 33.0. The lowest BCUT2D eigenvalue weighted by Crippen LogP contribution is -2.40. The zero-order valence-electron chi connectivity index (χ0n) is 27.5. The maximum absolute atomic E-state index is 6.47. The molecule has 0 saturated carbocycles. The molecule has 50 heavy (non-hydrogen) atoms. The third-order valence-electron chi connectivity index (χ3n) is 10.4. The predicted molar refractivity (Wildman–Crippen MR) is 206 cm³/mol. The van der Waals surface area contributed by atoms with Crippen LogP contribution in [0.4, 0.5) is 0 Å². The first-order valence-electron chi connectivity index (χ1n) is 17.5. The molecular weight excluding hydrogens is 611 g/mol. The summed E-state index contributed by atoms with van der Waals surface area (Å²) < 4.78 is 8.87. The van der Waals surface area contributed by atoms with Gasteiger partial charge in [-0.15, -0.1) is 0 Å². The highest BCUT2D eigenvalue weighted by Gasteiger charge is 2.25. The molecule has 2 unspecified atom stereocenters. The van der Waals surface area contributed by atoms with Crippen molar-refractivity contribution in [3.05, 3.63) is 186 Å². The van der Waals surface area contributed by atoms with Gasteiger partial charge in [0.25, 0.3) is 0 Å². The third kappa shape index (κ3) is 4.80. The molecule has 1 aliphatic heterocycles. The Morgan fingerprint density at radius 3 is 2.14 bits per heavy atom. The van der Waals surface area contributed by atoms with Gasteiger partial charge in [-0.1, -0.05) is 121 Å². The Kier molecular flexibility index (Phi) is 6.81. The molecule has 0 spiro atoms. The molecule has 3 heterocycles. The third-order valence-corrected chi connectivity index (χ3v) is 10.4. The molecule has 10 rings (SSSR count). The van der Waals surface area contributed by atoms with Crippen molar-refractivity contribution >= 4 is 38.3 Å². The predicted octanol–water partition coefficient (Wildman–Crippen LogP) is 11.2. The Bertz CT molecular complexity index is 2600. The van der Waals surface area contributed by atoms with E-state index in [0.29, 0.717) is 0 Å². The molecule has 4 nitrogen and oxygen atoms in total. The lowest BCUT2D eigenvalue weighted by atomic mass is 9.91. The molecule has 0 saturated heterocycles. The number of nitrogens with one attached hydrogen (secondary N) is 2. The molecule has 2 atom stereocenters. The van der Waals surface area contributed by atoms with Crippen LogP contribution in [0.5, 0.6) is 0 Å². The molecular formula is C46H35N3O. The monoisotopic (exact) mass is 645 g/mol. The molecule has 8 aromatic rings. The number of hydrogen-bond donors (Lipinski definition) is 2. The molecule has 2 N–H and O–H groups in total. The van der Waals surface area contributed by atoms with Gasteiger partial charge in [0.15, 0.2) is 6.29 Å². The van der Waals surface area contributed by atoms with Crippen molar-refractivity contribution in [1.29, 1.82) is 0 Å². The van der Waals surface area contributed by atoms with Crippen molar-refractivity contribution < 1.29 is 4.42 Å². The largest absolute Gasteiger partial charge is 0.456 e. The highest BCUT2D eigenvalue weighted by Crippen LogP contribution is 2.41. The van der Waals surface area contributed by atoms with Crippen molar-refractivity contribution in [2.45, 2.75) is 25.2 Å². The van der Waals surface area contributed by atoms with E-state index in [4.69, 9.17) is 4.42 Å². The molecule has 0 bridgehead atoms. The minimum absolute atomic E-state index is 0.0559. The number of fused-ring (bicyclic) bond motifs is 6. The van der Waals surface area contributed by atoms with Crippen LogP contribution in [0.25, 0.3) is 60.6 Å². The number of para-hydroxylation sites is 2. The van der Waals surface area contributed by atoms with Gasteiger partial charge in [-0.25, -0.2) is 0 Å². The zero-order valence-corrected chi connectivity index (χ0v) is 27.5. The van der Waals surface area contributed by atoms with Gasteiger partial charge >= 0.3 is 0 Å². The number of rotatable bonds is 5. The van der Waals surface area contributed by atoms with Crippen LogP contribution in [0.1, 0.15) is 41.2 Å². The standard InChI is InChI=1S/C46H35N3O/c1-2-10-30(11-3-1)33-12-8-13-34(28-33)31-20-22-32(23-21-31)41-26-27-47-46(48-41)49-42-18-6-4-14-37(42)40-29-35(24-25-43(40)49)36-16-9-17-39-38-15-5-7-19-44(38)50-45(36)39/h1-8,10-16,18-29,41,46-48H,9,17H2. The van der Waals surface area contributed by atoms with E-state index in [9.17, 15) is 0 Å². The van der Waals surface area contributed by atoms with Crippen molar-refractivity contribution in [1.82, 2.24) is 15.2 Å². The molecule has 6 aromatic carbocycles. The van der Waals surface area contributed by atoms with E-state index in [-0.39, 0.29) is 12.3 Å². The number of nitrogens with zero attached hydrogens (tertiary/aromatic N) is 1. The molecule has 0 radical (unpaired) electrons. The molecule has 2 aliphatic rings. The van der Waals surface area contributed by atoms with Crippen LogP contribution in [-0.2, 0) is 6.42 Å². The van der Waals surface area contributed by atoms with Crippen LogP contribution in [0, 0.1) is 0 Å². The second kappa shape index (κ2) is 11.8. The molecule has 4 heteroatoms. The van der Waals surface area contributed by atoms with Gasteiger partial charge in [-0.3, -0.25) is 5.32 Å². The van der Waals surface area contributed by atoms with Gasteiger partial charge in [0, 0.05) is 27.3 Å². The minimum atomic E-state index is -0.128. The van der Waals surface area contributed by atoms with Crippen LogP contribution in [0.3, 0.4) is 0 Å². The van der Waals surface area contributed by atoms with Crippen molar-refractivity contribution in [3.8, 4) is 22.3 Å². The Hall–Kier alpha value is -6.10. The van der Waals surface area contributed by atoms with E-state index in [1.165, 1.54) is 71.7 Å². The van der Waals surface area contributed by atoms with E-state index in [1.807, 2.05) is 0 Å². The summed E-state index contributed by atoms with van der Waals surface area (Å²) in [5.74, 6) is 1.01. The average molecular weight is 646 g/mol. The molecule has 0 fully saturated rings. The first-order chi connectivity index (χ1) is 24.8. The number of furan rings is 1. The Morgan fingerprint density at radius 2 is 1.28 bits per heavy atom. The maximum atomic E-state index is 6.47. The van der Waals surface area contributed by atoms with Crippen molar-refractivity contribution in [2.75, 3.05) is 0 Å². The average Bonchev–Trinajstić information content (AvgIpc) is 3.74. The highest BCUT2D eigenvalue weighted by molar-refractivity contribution is 6.09. The summed E-state index contributed by atoms with van der Waals surface area (Å²) in [4.78, 5) is 0. The fourth-order valence-electron chi connectivity index (χ4n) is 7.98. The topological polar surface area (TPSA) is 42.1 Å². The lowest BCUT2D eigenvalue weighted by molar-refractivity contribution is 0.342. The summed E-state index contributed by atoms with van der Waals surface area (Å²) >= 11 is 0. The number of hydrogen-bond acceptors (Lipinski definition) is 3. The maximum Gasteiger partial charge on any atom is 0.160 e. The van der Waals surface area contributed by atoms with Crippen LogP contribution in [-0.4, -0.2) is 4.57 Å². The lowest BCUT2D eigenvalue weighted by Gasteiger charge is -2.31. The fourth-order valence-corrected chi connectivity index (χ4v) is 7.98. The summed E-state index contributed by atoms with van der Waals surface area (Å²) in [5, 5.41) is 11.2. The van der Waals surface area contributed by atoms with Gasteiger partial charge in [0.2, 0.25) is 0 Å². The van der Waals surface area contributed by atoms with Gasteiger partial charge in [0.05, 0.1) is 17.1 Å². The van der Waals surface area contributed by atoms with E-state index in [0.717, 1.165) is 24.2 Å². The van der Waals surface area contributed by atoms with Gasteiger partial charge in [-0.05, 0) is 88.8 Å². The molecule has 240 valence electrons. The van der Waals surface area contributed by atoms with Crippen LogP contribution in [0.15, 0.2) is 168 Å². The van der Waals surface area contributed by atoms with Gasteiger partial charge in [0.1, 0.15) is 11.3 Å². The van der Waals surface area contributed by atoms with Crippen LogP contribution in [0.2, 0.25) is 0 Å². The first-order valence-corrected chi connectivity index (χ1v) is 17.5. The van der Waals surface area contributed by atoms with Crippen molar-refractivity contribution in [2.24, 2.45) is 0 Å². The number of allylic oxidation sites excluding steroid dienone is 1. The Morgan fingerprint density at radius 1 is 0.580 bits per heavy atom. The summed E-state index contributed by atoms with van der Waals surface area (Å²) in [5.41, 5.74) is 13.2. The number of aromatic nitrogens is 1. The highest BCUT2D eigenvalue weighted by atomic mass is 16.3. The summed E-state index contributed by atoms with van der Waals surface area (Å²) in [7, 11) is 0. The van der Waals surface area contributed by atoms with Gasteiger partial charge < -0.3 is 14.3 Å². The van der Waals surface area contributed by atoms with Crippen LogP contribution < -0.4 is 10.6 Å². The van der Waals surface area contributed by atoms with Crippen molar-refractivity contribution in [3.63, 3.8) is 0 Å². The van der Waals surface area contributed by atoms with Crippen LogP contribution >= 0.6 is 0 Å². The summed E-state index contributed by atoms with van der Waals surface area (Å²) in [6, 6.07) is 52.4. The van der Waals surface area contributed by atoms with E-state index in [1.54, 1.807) is 0 Å². The summed E-state index contributed by atoms with van der Waals surface area (Å²) in [6.07, 6.45) is 8.53. The first kappa shape index (κ1) is 28.9. The van der Waals surface area contributed by atoms with Gasteiger partial charge in [-0.2, -0.15) is 0 Å². The number of aryl methyl sites for hydroxylation is 1. The molecule has 0 amide bonds. The smallest absolute Gasteiger partial charge is 0.160 e. The minimum Gasteiger partial charge on any atom is -0.456 e. The Balaban J connectivity index is 0.970. The SMILES string of the molecule is C1=CC(c2ccc(-c3cccc(-c4ccccc4)c3)cc2)NC(n2c3ccccc3c3cc(C4=CCCc5c4oc4ccccc54)ccc32)N1. The van der Waals surface area contributed by atoms with E-state index in [2.05, 4.69) is 179 Å². The Labute approximate surface area is 291 Å². The fraction of sp³-hybridized carbons (Fsp3) is 0.0870. The summed E-state index contributed by atoms with van der Waals surface area (Å²) in [6.45, 7) is 0. The second-order valence-electron chi connectivity index (χ2n) is 13.3. The second-order valence-corrected chi connectivity index (χ2v) is 13.3. The van der Waals surface area contributed by atoms with E-state index >= 15 is 0 Å². The normalized spacial score (nSPS) is 17.2. The number of benzene rings is 6. The molecule has 1 aliphatic carbocycles. The molecule has 2 aromatic heterocycles.